The van der Waals surface area contributed by atoms with Crippen molar-refractivity contribution in [1.82, 2.24) is 10.3 Å². The Kier molecular flexibility index (Phi) is 6.62. The maximum Gasteiger partial charge on any atom is 0.264 e. The number of nitrogens with one attached hydrogen (secondary N) is 2. The number of carbonyl (C=O) groups is 1. The molecule has 0 atom stereocenters. The molecule has 0 bridgehead atoms. The minimum atomic E-state index is -0.374. The molecule has 168 valence electrons. The summed E-state index contributed by atoms with van der Waals surface area (Å²) in [5, 5.41) is 6.37. The lowest BCUT2D eigenvalue weighted by atomic mass is 10.1. The minimum absolute atomic E-state index is 0.161. The number of amides is 1. The first-order chi connectivity index (χ1) is 15.8. The first-order valence-electron chi connectivity index (χ1n) is 10.3. The number of carbonyl (C=O) groups excluding carboxylic acids is 1. The van der Waals surface area contributed by atoms with Crippen LogP contribution in [0.25, 0.3) is 22.6 Å². The van der Waals surface area contributed by atoms with Gasteiger partial charge in [-0.05, 0) is 98.2 Å². The lowest BCUT2D eigenvalue weighted by molar-refractivity contribution is -0.121. The van der Waals surface area contributed by atoms with Gasteiger partial charge in [-0.25, -0.2) is 4.98 Å². The molecule has 0 unspecified atom stereocenters. The van der Waals surface area contributed by atoms with E-state index in [-0.39, 0.29) is 17.6 Å². The summed E-state index contributed by atoms with van der Waals surface area (Å²) >= 11 is 11.2. The third-order valence-corrected chi connectivity index (χ3v) is 5.59. The molecule has 0 aliphatic heterocycles. The summed E-state index contributed by atoms with van der Waals surface area (Å²) in [6, 6.07) is 16.7. The summed E-state index contributed by atoms with van der Waals surface area (Å²) in [4.78, 5) is 16.8. The van der Waals surface area contributed by atoms with Gasteiger partial charge in [-0.15, -0.1) is 0 Å². The van der Waals surface area contributed by atoms with Gasteiger partial charge in [-0.2, -0.15) is 0 Å². The highest BCUT2D eigenvalue weighted by molar-refractivity contribution is 7.80. The van der Waals surface area contributed by atoms with Gasteiger partial charge in [0.15, 0.2) is 17.3 Å². The third kappa shape index (κ3) is 5.50. The Morgan fingerprint density at radius 1 is 1.03 bits per heavy atom. The number of hydrogen-bond acceptors (Lipinski definition) is 5. The molecule has 0 fully saturated rings. The Bertz CT molecular complexity index is 1370. The molecule has 4 aromatic rings. The molecule has 0 saturated carbocycles. The normalized spacial score (nSPS) is 10.8. The standard InChI is InChI=1S/C25H22ClN3O3S/c1-14-4-5-17(10-15(14)2)24-28-20-12-19(7-9-22(20)32-24)27-25(33)29-23(30)13-31-21-8-6-18(26)11-16(21)3/h4-12H,13H2,1-3H3,(H2,27,29,30,33). The van der Waals surface area contributed by atoms with Crippen LogP contribution >= 0.6 is 23.8 Å². The van der Waals surface area contributed by atoms with Crippen molar-refractivity contribution in [1.29, 1.82) is 0 Å². The zero-order chi connectivity index (χ0) is 23.5. The van der Waals surface area contributed by atoms with Crippen molar-refractivity contribution in [3.05, 3.63) is 76.3 Å². The highest BCUT2D eigenvalue weighted by Gasteiger charge is 2.12. The van der Waals surface area contributed by atoms with Crippen molar-refractivity contribution in [2.24, 2.45) is 0 Å². The molecule has 0 radical (unpaired) electrons. The average molecular weight is 480 g/mol. The number of oxazole rings is 1. The summed E-state index contributed by atoms with van der Waals surface area (Å²) in [5.74, 6) is 0.765. The van der Waals surface area contributed by atoms with Crippen LogP contribution in [-0.2, 0) is 4.79 Å². The summed E-state index contributed by atoms with van der Waals surface area (Å²) < 4.78 is 11.4. The highest BCUT2D eigenvalue weighted by Crippen LogP contribution is 2.27. The second kappa shape index (κ2) is 9.60. The van der Waals surface area contributed by atoms with Crippen molar-refractivity contribution in [2.45, 2.75) is 20.8 Å². The molecule has 8 heteroatoms. The zero-order valence-corrected chi connectivity index (χ0v) is 19.9. The molecule has 0 aliphatic carbocycles. The Hall–Kier alpha value is -3.42. The number of ether oxygens (including phenoxy) is 1. The molecule has 6 nitrogen and oxygen atoms in total. The average Bonchev–Trinajstić information content (AvgIpc) is 3.18. The van der Waals surface area contributed by atoms with Gasteiger partial charge < -0.3 is 14.5 Å². The smallest absolute Gasteiger partial charge is 0.264 e. The van der Waals surface area contributed by atoms with E-state index in [0.29, 0.717) is 33.4 Å². The van der Waals surface area contributed by atoms with E-state index in [2.05, 4.69) is 35.5 Å². The molecular weight excluding hydrogens is 458 g/mol. The molecule has 1 heterocycles. The molecule has 0 saturated heterocycles. The number of aryl methyl sites for hydroxylation is 3. The fourth-order valence-corrected chi connectivity index (χ4v) is 3.70. The van der Waals surface area contributed by atoms with E-state index < -0.39 is 0 Å². The van der Waals surface area contributed by atoms with Crippen LogP contribution in [0.1, 0.15) is 16.7 Å². The molecule has 1 amide bonds. The predicted molar refractivity (Wildman–Crippen MR) is 135 cm³/mol. The van der Waals surface area contributed by atoms with Gasteiger partial charge in [0.05, 0.1) is 0 Å². The van der Waals surface area contributed by atoms with Gasteiger partial charge in [-0.3, -0.25) is 10.1 Å². The van der Waals surface area contributed by atoms with Gasteiger partial charge >= 0.3 is 0 Å². The maximum atomic E-state index is 12.2. The molecule has 3 aromatic carbocycles. The maximum absolute atomic E-state index is 12.2. The second-order valence-electron chi connectivity index (χ2n) is 7.70. The van der Waals surface area contributed by atoms with E-state index in [1.54, 1.807) is 18.2 Å². The number of hydrogen-bond donors (Lipinski definition) is 2. The molecule has 1 aromatic heterocycles. The van der Waals surface area contributed by atoms with Crippen molar-refractivity contribution < 1.29 is 13.9 Å². The molecule has 4 rings (SSSR count). The number of halogens is 1. The largest absolute Gasteiger partial charge is 0.483 e. The van der Waals surface area contributed by atoms with Crippen LogP contribution in [0.2, 0.25) is 5.02 Å². The van der Waals surface area contributed by atoms with Crippen molar-refractivity contribution in [2.75, 3.05) is 11.9 Å². The quantitative estimate of drug-likeness (QED) is 0.344. The van der Waals surface area contributed by atoms with Crippen molar-refractivity contribution >= 4 is 51.6 Å². The number of anilines is 1. The number of nitrogens with zero attached hydrogens (tertiary/aromatic N) is 1. The Balaban J connectivity index is 1.38. The van der Waals surface area contributed by atoms with Crippen LogP contribution in [0.15, 0.2) is 59.0 Å². The van der Waals surface area contributed by atoms with Gasteiger partial charge in [0.1, 0.15) is 11.3 Å². The predicted octanol–water partition coefficient (Wildman–Crippen LogP) is 5.97. The molecule has 33 heavy (non-hydrogen) atoms. The highest BCUT2D eigenvalue weighted by atomic mass is 35.5. The van der Waals surface area contributed by atoms with E-state index in [0.717, 1.165) is 11.1 Å². The van der Waals surface area contributed by atoms with Gasteiger partial charge in [0, 0.05) is 16.3 Å². The van der Waals surface area contributed by atoms with Gasteiger partial charge in [0.25, 0.3) is 5.91 Å². The summed E-state index contributed by atoms with van der Waals surface area (Å²) in [5.41, 5.74) is 6.18. The molecular formula is C25H22ClN3O3S. The van der Waals surface area contributed by atoms with E-state index in [1.165, 1.54) is 11.1 Å². The lowest BCUT2D eigenvalue weighted by Crippen LogP contribution is -2.37. The van der Waals surface area contributed by atoms with Crippen LogP contribution in [0.3, 0.4) is 0 Å². The van der Waals surface area contributed by atoms with Crippen molar-refractivity contribution in [3.8, 4) is 17.2 Å². The Morgan fingerprint density at radius 3 is 2.61 bits per heavy atom. The SMILES string of the molecule is Cc1ccc(-c2nc3cc(NC(=S)NC(=O)COc4ccc(Cl)cc4C)ccc3o2)cc1C. The molecule has 0 spiro atoms. The van der Waals surface area contributed by atoms with E-state index in [9.17, 15) is 4.79 Å². The second-order valence-corrected chi connectivity index (χ2v) is 8.55. The van der Waals surface area contributed by atoms with Crippen LogP contribution in [0.5, 0.6) is 5.75 Å². The fraction of sp³-hybridized carbons (Fsp3) is 0.160. The van der Waals surface area contributed by atoms with E-state index in [4.69, 9.17) is 33.0 Å². The van der Waals surface area contributed by atoms with Crippen molar-refractivity contribution in [3.63, 3.8) is 0 Å². The zero-order valence-electron chi connectivity index (χ0n) is 18.4. The minimum Gasteiger partial charge on any atom is -0.483 e. The lowest BCUT2D eigenvalue weighted by Gasteiger charge is -2.11. The first-order valence-corrected chi connectivity index (χ1v) is 11.0. The summed E-state index contributed by atoms with van der Waals surface area (Å²) in [6.45, 7) is 5.80. The number of benzene rings is 3. The monoisotopic (exact) mass is 479 g/mol. The fourth-order valence-electron chi connectivity index (χ4n) is 3.25. The number of aromatic nitrogens is 1. The molecule has 2 N–H and O–H groups in total. The van der Waals surface area contributed by atoms with E-state index >= 15 is 0 Å². The topological polar surface area (TPSA) is 76.4 Å². The van der Waals surface area contributed by atoms with Gasteiger partial charge in [0.2, 0.25) is 5.89 Å². The van der Waals surface area contributed by atoms with Crippen LogP contribution < -0.4 is 15.4 Å². The Labute approximate surface area is 201 Å². The first kappa shape index (κ1) is 22.8. The van der Waals surface area contributed by atoms with Crippen LogP contribution in [0.4, 0.5) is 5.69 Å². The third-order valence-electron chi connectivity index (χ3n) is 5.15. The number of thiocarbonyl (C=S) groups is 1. The summed E-state index contributed by atoms with van der Waals surface area (Å²) in [7, 11) is 0. The van der Waals surface area contributed by atoms with Crippen LogP contribution in [0, 0.1) is 20.8 Å². The summed E-state index contributed by atoms with van der Waals surface area (Å²) in [6.07, 6.45) is 0. The molecule has 0 aliphatic rings. The number of rotatable bonds is 5. The van der Waals surface area contributed by atoms with E-state index in [1.807, 2.05) is 37.3 Å². The van der Waals surface area contributed by atoms with Crippen LogP contribution in [-0.4, -0.2) is 22.6 Å². The Morgan fingerprint density at radius 2 is 1.85 bits per heavy atom. The van der Waals surface area contributed by atoms with Gasteiger partial charge in [-0.1, -0.05) is 17.7 Å². The number of fused-ring (bicyclic) bond motifs is 1.